The van der Waals surface area contributed by atoms with Gasteiger partial charge in [-0.3, -0.25) is 0 Å². The number of aromatic nitrogens is 2. The smallest absolute Gasteiger partial charge is 0.261 e. The van der Waals surface area contributed by atoms with Gasteiger partial charge < -0.3 is 14.0 Å². The minimum atomic E-state index is -0.306. The Balaban J connectivity index is 2.46. The number of hydrogen-bond donors (Lipinski definition) is 0. The second-order valence-corrected chi connectivity index (χ2v) is 4.29. The summed E-state index contributed by atoms with van der Waals surface area (Å²) in [5.74, 6) is 2.11. The van der Waals surface area contributed by atoms with E-state index >= 15 is 0 Å². The average molecular weight is 269 g/mol. The molecule has 2 aromatic rings. The number of nitrogens with zero attached hydrogens (tertiary/aromatic N) is 2. The first-order valence-corrected chi connectivity index (χ1v) is 5.79. The van der Waals surface area contributed by atoms with Crippen LogP contribution in [0.4, 0.5) is 0 Å². The molecule has 1 heterocycles. The van der Waals surface area contributed by atoms with Crippen molar-refractivity contribution >= 4 is 11.6 Å². The lowest BCUT2D eigenvalue weighted by atomic mass is 10.2. The monoisotopic (exact) mass is 268 g/mol. The number of halogens is 1. The highest BCUT2D eigenvalue weighted by molar-refractivity contribution is 6.20. The van der Waals surface area contributed by atoms with Crippen molar-refractivity contribution in [2.45, 2.75) is 12.3 Å². The largest absolute Gasteiger partial charge is 0.497 e. The van der Waals surface area contributed by atoms with Crippen LogP contribution in [0.15, 0.2) is 22.7 Å². The van der Waals surface area contributed by atoms with Gasteiger partial charge in [0.1, 0.15) is 11.5 Å². The number of rotatable bonds is 4. The third-order valence-corrected chi connectivity index (χ3v) is 2.63. The molecule has 5 nitrogen and oxygen atoms in total. The van der Waals surface area contributed by atoms with E-state index in [9.17, 15) is 0 Å². The molecule has 0 amide bonds. The Morgan fingerprint density at radius 3 is 2.61 bits per heavy atom. The summed E-state index contributed by atoms with van der Waals surface area (Å²) in [6, 6.07) is 5.35. The Hall–Kier alpha value is -1.75. The Kier molecular flexibility index (Phi) is 3.72. The van der Waals surface area contributed by atoms with Gasteiger partial charge in [-0.05, 0) is 25.1 Å². The summed E-state index contributed by atoms with van der Waals surface area (Å²) in [6.45, 7) is 1.78. The molecule has 2 rings (SSSR count). The Morgan fingerprint density at radius 2 is 2.06 bits per heavy atom. The van der Waals surface area contributed by atoms with Gasteiger partial charge in [0.25, 0.3) is 5.89 Å². The second-order valence-electron chi connectivity index (χ2n) is 3.64. The van der Waals surface area contributed by atoms with Gasteiger partial charge in [0.15, 0.2) is 5.82 Å². The molecular weight excluding hydrogens is 256 g/mol. The van der Waals surface area contributed by atoms with Gasteiger partial charge in [0.2, 0.25) is 0 Å². The molecule has 1 atom stereocenters. The number of methoxy groups -OCH3 is 2. The molecular formula is C12H13ClN2O3. The van der Waals surface area contributed by atoms with E-state index in [-0.39, 0.29) is 5.38 Å². The van der Waals surface area contributed by atoms with E-state index in [1.54, 1.807) is 39.3 Å². The number of ether oxygens (including phenoxy) is 2. The second kappa shape index (κ2) is 5.27. The van der Waals surface area contributed by atoms with Crippen molar-refractivity contribution in [1.29, 1.82) is 0 Å². The standard InChI is InChI=1S/C12H13ClN2O3/c1-7(13)11-14-12(18-15-11)9-6-8(16-2)4-5-10(9)17-3/h4-7H,1-3H3. The number of hydrogen-bond acceptors (Lipinski definition) is 5. The van der Waals surface area contributed by atoms with Crippen LogP contribution in [0.25, 0.3) is 11.5 Å². The average Bonchev–Trinajstić information content (AvgIpc) is 2.87. The highest BCUT2D eigenvalue weighted by Gasteiger charge is 2.16. The third-order valence-electron chi connectivity index (χ3n) is 2.43. The summed E-state index contributed by atoms with van der Waals surface area (Å²) in [7, 11) is 3.17. The minimum Gasteiger partial charge on any atom is -0.497 e. The zero-order valence-corrected chi connectivity index (χ0v) is 11.1. The van der Waals surface area contributed by atoms with E-state index in [2.05, 4.69) is 10.1 Å². The Bertz CT molecular complexity index is 540. The van der Waals surface area contributed by atoms with Gasteiger partial charge in [0, 0.05) is 0 Å². The van der Waals surface area contributed by atoms with Gasteiger partial charge in [-0.25, -0.2) is 0 Å². The van der Waals surface area contributed by atoms with Crippen molar-refractivity contribution < 1.29 is 14.0 Å². The molecule has 1 aromatic carbocycles. The predicted octanol–water partition coefficient (Wildman–Crippen LogP) is 3.05. The van der Waals surface area contributed by atoms with Crippen molar-refractivity contribution in [3.63, 3.8) is 0 Å². The maximum Gasteiger partial charge on any atom is 0.261 e. The van der Waals surface area contributed by atoms with E-state index in [1.807, 2.05) is 0 Å². The zero-order valence-electron chi connectivity index (χ0n) is 10.3. The Labute approximate surface area is 110 Å². The summed E-state index contributed by atoms with van der Waals surface area (Å²) in [6.07, 6.45) is 0. The topological polar surface area (TPSA) is 57.4 Å². The van der Waals surface area contributed by atoms with Crippen molar-refractivity contribution in [2.24, 2.45) is 0 Å². The molecule has 0 bridgehead atoms. The molecule has 0 aliphatic rings. The van der Waals surface area contributed by atoms with Crippen LogP contribution in [0.1, 0.15) is 18.1 Å². The van der Waals surface area contributed by atoms with Crippen LogP contribution in [-0.2, 0) is 0 Å². The van der Waals surface area contributed by atoms with Crippen LogP contribution >= 0.6 is 11.6 Å². The molecule has 1 unspecified atom stereocenters. The van der Waals surface area contributed by atoms with Crippen molar-refractivity contribution in [2.75, 3.05) is 14.2 Å². The first-order chi connectivity index (χ1) is 8.65. The van der Waals surface area contributed by atoms with E-state index in [1.165, 1.54) is 0 Å². The first kappa shape index (κ1) is 12.7. The van der Waals surface area contributed by atoms with Crippen molar-refractivity contribution in [3.8, 4) is 23.0 Å². The van der Waals surface area contributed by atoms with Crippen molar-refractivity contribution in [1.82, 2.24) is 10.1 Å². The molecule has 0 saturated heterocycles. The van der Waals surface area contributed by atoms with E-state index in [0.717, 1.165) is 0 Å². The lowest BCUT2D eigenvalue weighted by Gasteiger charge is -2.06. The van der Waals surface area contributed by atoms with Gasteiger partial charge in [-0.2, -0.15) is 4.98 Å². The van der Waals surface area contributed by atoms with Crippen LogP contribution in [-0.4, -0.2) is 24.4 Å². The summed E-state index contributed by atoms with van der Waals surface area (Å²) in [4.78, 5) is 4.22. The maximum atomic E-state index is 5.90. The molecule has 96 valence electrons. The van der Waals surface area contributed by atoms with E-state index < -0.39 is 0 Å². The van der Waals surface area contributed by atoms with Gasteiger partial charge in [-0.15, -0.1) is 11.6 Å². The molecule has 6 heteroatoms. The summed E-state index contributed by atoms with van der Waals surface area (Å²) in [5, 5.41) is 3.50. The normalized spacial score (nSPS) is 12.2. The van der Waals surface area contributed by atoms with Crippen LogP contribution in [0.5, 0.6) is 11.5 Å². The lowest BCUT2D eigenvalue weighted by Crippen LogP contribution is -1.91. The van der Waals surface area contributed by atoms with Crippen LogP contribution in [0.3, 0.4) is 0 Å². The SMILES string of the molecule is COc1ccc(OC)c(-c2nc(C(C)Cl)no2)c1. The van der Waals surface area contributed by atoms with E-state index in [0.29, 0.717) is 28.8 Å². The van der Waals surface area contributed by atoms with Gasteiger partial charge >= 0.3 is 0 Å². The fraction of sp³-hybridized carbons (Fsp3) is 0.333. The number of benzene rings is 1. The summed E-state index contributed by atoms with van der Waals surface area (Å²) >= 11 is 5.90. The highest BCUT2D eigenvalue weighted by Crippen LogP contribution is 2.33. The number of alkyl halides is 1. The predicted molar refractivity (Wildman–Crippen MR) is 67.1 cm³/mol. The fourth-order valence-corrected chi connectivity index (χ4v) is 1.58. The van der Waals surface area contributed by atoms with Crippen LogP contribution < -0.4 is 9.47 Å². The maximum absolute atomic E-state index is 5.90. The zero-order chi connectivity index (χ0) is 13.1. The Morgan fingerprint density at radius 1 is 1.28 bits per heavy atom. The van der Waals surface area contributed by atoms with Crippen LogP contribution in [0.2, 0.25) is 0 Å². The van der Waals surface area contributed by atoms with Crippen LogP contribution in [0, 0.1) is 0 Å². The molecule has 0 aliphatic heterocycles. The summed E-state index contributed by atoms with van der Waals surface area (Å²) < 4.78 is 15.6. The molecule has 18 heavy (non-hydrogen) atoms. The highest BCUT2D eigenvalue weighted by atomic mass is 35.5. The van der Waals surface area contributed by atoms with Gasteiger partial charge in [-0.1, -0.05) is 5.16 Å². The molecule has 0 fully saturated rings. The minimum absolute atomic E-state index is 0.306. The van der Waals surface area contributed by atoms with Crippen molar-refractivity contribution in [3.05, 3.63) is 24.0 Å². The molecule has 0 N–H and O–H groups in total. The molecule has 1 aromatic heterocycles. The molecule has 0 aliphatic carbocycles. The molecule has 0 radical (unpaired) electrons. The lowest BCUT2D eigenvalue weighted by molar-refractivity contribution is 0.395. The molecule has 0 saturated carbocycles. The fourth-order valence-electron chi connectivity index (χ4n) is 1.49. The first-order valence-electron chi connectivity index (χ1n) is 5.35. The van der Waals surface area contributed by atoms with Gasteiger partial charge in [0.05, 0.1) is 25.2 Å². The molecule has 0 spiro atoms. The third kappa shape index (κ3) is 2.41. The van der Waals surface area contributed by atoms with E-state index in [4.69, 9.17) is 25.6 Å². The quantitative estimate of drug-likeness (QED) is 0.798. The summed E-state index contributed by atoms with van der Waals surface area (Å²) in [5.41, 5.74) is 0.674.